The van der Waals surface area contributed by atoms with Crippen molar-refractivity contribution in [2.24, 2.45) is 5.92 Å². The Bertz CT molecular complexity index is 1260. The maximum absolute atomic E-state index is 13.0. The van der Waals surface area contributed by atoms with Crippen LogP contribution in [0.3, 0.4) is 0 Å². The molecule has 0 spiro atoms. The smallest absolute Gasteiger partial charge is 0.346 e. The number of halogens is 8. The number of carbonyl (C=O) groups excluding carboxylic acids is 3. The van der Waals surface area contributed by atoms with Gasteiger partial charge in [-0.1, -0.05) is 34.8 Å². The Kier molecular flexibility index (Phi) is 8.36. The molecular weight excluding hydrogens is 613 g/mol. The van der Waals surface area contributed by atoms with Crippen molar-refractivity contribution in [1.82, 2.24) is 10.2 Å². The molecular formula is C24H19Cl5F3N3O3. The summed E-state index contributed by atoms with van der Waals surface area (Å²) in [5, 5.41) is 6.22. The second-order valence-electron chi connectivity index (χ2n) is 9.10. The van der Waals surface area contributed by atoms with E-state index in [-0.39, 0.29) is 29.4 Å². The fourth-order valence-electron chi connectivity index (χ4n) is 4.26. The zero-order valence-electron chi connectivity index (χ0n) is 19.2. The van der Waals surface area contributed by atoms with Crippen molar-refractivity contribution in [3.05, 3.63) is 62.6 Å². The summed E-state index contributed by atoms with van der Waals surface area (Å²) < 4.78 is 35.5. The number of likely N-dealkylation sites (tertiary alicyclic amines) is 1. The molecule has 4 rings (SSSR count). The molecule has 2 aromatic carbocycles. The SMILES string of the molecule is O=C(NC1CN(C(=O)CCC(F)(F)F)C1)c1cc(NC(=O)C2C(c3cc(Cl)cc(Cl)c3)C2(Cl)Cl)ccc1Cl. The van der Waals surface area contributed by atoms with Crippen LogP contribution in [0.5, 0.6) is 0 Å². The number of anilines is 1. The van der Waals surface area contributed by atoms with E-state index < -0.39 is 59.0 Å². The van der Waals surface area contributed by atoms with Gasteiger partial charge in [0, 0.05) is 41.2 Å². The van der Waals surface area contributed by atoms with Gasteiger partial charge in [0.2, 0.25) is 11.8 Å². The molecule has 38 heavy (non-hydrogen) atoms. The average molecular weight is 632 g/mol. The van der Waals surface area contributed by atoms with Gasteiger partial charge in [0.05, 0.1) is 29.0 Å². The summed E-state index contributed by atoms with van der Waals surface area (Å²) in [6, 6.07) is 8.65. The van der Waals surface area contributed by atoms with Crippen LogP contribution in [0.15, 0.2) is 36.4 Å². The second-order valence-corrected chi connectivity index (χ2v) is 11.8. The minimum Gasteiger partial charge on any atom is -0.346 e. The Hall–Kier alpha value is -1.91. The zero-order chi connectivity index (χ0) is 28.0. The molecule has 2 N–H and O–H groups in total. The number of benzene rings is 2. The Balaban J connectivity index is 1.35. The third kappa shape index (κ3) is 6.62. The van der Waals surface area contributed by atoms with Crippen LogP contribution in [0.4, 0.5) is 18.9 Å². The summed E-state index contributed by atoms with van der Waals surface area (Å²) in [4.78, 5) is 38.8. The van der Waals surface area contributed by atoms with Gasteiger partial charge in [-0.05, 0) is 42.0 Å². The summed E-state index contributed by atoms with van der Waals surface area (Å²) in [5.74, 6) is -3.07. The lowest BCUT2D eigenvalue weighted by Gasteiger charge is -2.39. The lowest BCUT2D eigenvalue weighted by atomic mass is 10.1. The molecule has 2 atom stereocenters. The molecule has 0 aromatic heterocycles. The maximum Gasteiger partial charge on any atom is 0.389 e. The molecule has 1 heterocycles. The molecule has 6 nitrogen and oxygen atoms in total. The van der Waals surface area contributed by atoms with Gasteiger partial charge in [0.25, 0.3) is 5.91 Å². The van der Waals surface area contributed by atoms with Crippen molar-refractivity contribution in [3.63, 3.8) is 0 Å². The van der Waals surface area contributed by atoms with E-state index in [0.29, 0.717) is 15.6 Å². The van der Waals surface area contributed by atoms with Crippen molar-refractivity contribution in [1.29, 1.82) is 0 Å². The summed E-state index contributed by atoms with van der Waals surface area (Å²) in [6.07, 6.45) is -6.25. The lowest BCUT2D eigenvalue weighted by Crippen LogP contribution is -2.61. The first-order valence-electron chi connectivity index (χ1n) is 11.3. The van der Waals surface area contributed by atoms with Crippen LogP contribution in [0.2, 0.25) is 15.1 Å². The summed E-state index contributed by atoms with van der Waals surface area (Å²) in [6.45, 7) is 0.168. The largest absolute Gasteiger partial charge is 0.389 e. The first-order valence-corrected chi connectivity index (χ1v) is 13.1. The number of carbonyl (C=O) groups is 3. The molecule has 204 valence electrons. The third-order valence-electron chi connectivity index (χ3n) is 6.25. The Labute approximate surface area is 240 Å². The number of alkyl halides is 5. The van der Waals surface area contributed by atoms with E-state index in [9.17, 15) is 27.6 Å². The quantitative estimate of drug-likeness (QED) is 0.345. The van der Waals surface area contributed by atoms with Gasteiger partial charge in [-0.25, -0.2) is 0 Å². The molecule has 2 unspecified atom stereocenters. The first kappa shape index (κ1) is 29.1. The fraction of sp³-hybridized carbons (Fsp3) is 0.375. The van der Waals surface area contributed by atoms with Gasteiger partial charge in [0.15, 0.2) is 0 Å². The maximum atomic E-state index is 13.0. The van der Waals surface area contributed by atoms with Gasteiger partial charge in [-0.3, -0.25) is 14.4 Å². The van der Waals surface area contributed by atoms with E-state index in [1.165, 1.54) is 23.1 Å². The highest BCUT2D eigenvalue weighted by molar-refractivity contribution is 6.53. The Morgan fingerprint density at radius 2 is 1.63 bits per heavy atom. The number of nitrogens with one attached hydrogen (secondary N) is 2. The highest BCUT2D eigenvalue weighted by Crippen LogP contribution is 2.65. The highest BCUT2D eigenvalue weighted by atomic mass is 35.5. The minimum atomic E-state index is -4.41. The monoisotopic (exact) mass is 629 g/mol. The molecule has 2 fully saturated rings. The number of hydrogen-bond acceptors (Lipinski definition) is 3. The number of rotatable bonds is 7. The van der Waals surface area contributed by atoms with E-state index in [0.717, 1.165) is 0 Å². The van der Waals surface area contributed by atoms with Crippen LogP contribution in [0.25, 0.3) is 0 Å². The van der Waals surface area contributed by atoms with E-state index >= 15 is 0 Å². The van der Waals surface area contributed by atoms with Gasteiger partial charge >= 0.3 is 6.18 Å². The Morgan fingerprint density at radius 3 is 2.24 bits per heavy atom. The molecule has 0 bridgehead atoms. The van der Waals surface area contributed by atoms with E-state index in [1.54, 1.807) is 18.2 Å². The standard InChI is InChI=1S/C24H19Cl5F3N3O3/c25-12-5-11(6-13(26)7-12)19-20(24(19,28)29)22(38)33-14-1-2-17(27)16(8-14)21(37)34-15-9-35(10-15)18(36)3-4-23(30,31)32/h1-2,5-8,15,19-20H,3-4,9-10H2,(H,33,38)(H,34,37). The van der Waals surface area contributed by atoms with E-state index in [1.807, 2.05) is 0 Å². The predicted molar refractivity (Wildman–Crippen MR) is 140 cm³/mol. The molecule has 1 saturated heterocycles. The molecule has 2 aliphatic rings. The summed E-state index contributed by atoms with van der Waals surface area (Å²) in [5.41, 5.74) is 0.930. The molecule has 1 aliphatic heterocycles. The molecule has 2 aromatic rings. The van der Waals surface area contributed by atoms with Crippen molar-refractivity contribution in [3.8, 4) is 0 Å². The van der Waals surface area contributed by atoms with Crippen LogP contribution in [-0.4, -0.2) is 52.3 Å². The van der Waals surface area contributed by atoms with Crippen LogP contribution < -0.4 is 10.6 Å². The third-order valence-corrected chi connectivity index (χ3v) is 7.96. The predicted octanol–water partition coefficient (Wildman–Crippen LogP) is 6.46. The normalized spacial score (nSPS) is 20.5. The van der Waals surface area contributed by atoms with Crippen molar-refractivity contribution in [2.45, 2.75) is 35.3 Å². The van der Waals surface area contributed by atoms with E-state index in [4.69, 9.17) is 58.0 Å². The van der Waals surface area contributed by atoms with Crippen LogP contribution in [0, 0.1) is 5.92 Å². The summed E-state index contributed by atoms with van der Waals surface area (Å²) in [7, 11) is 0. The van der Waals surface area contributed by atoms with E-state index in [2.05, 4.69) is 10.6 Å². The van der Waals surface area contributed by atoms with Crippen molar-refractivity contribution >= 4 is 81.4 Å². The van der Waals surface area contributed by atoms with Gasteiger partial charge in [-0.15, -0.1) is 23.2 Å². The molecule has 14 heteroatoms. The zero-order valence-corrected chi connectivity index (χ0v) is 23.0. The first-order chi connectivity index (χ1) is 17.7. The average Bonchev–Trinajstić information content (AvgIpc) is 3.36. The number of amides is 3. The van der Waals surface area contributed by atoms with Gasteiger partial charge < -0.3 is 15.5 Å². The lowest BCUT2D eigenvalue weighted by molar-refractivity contribution is -0.151. The Morgan fingerprint density at radius 1 is 1.00 bits per heavy atom. The molecule has 1 aliphatic carbocycles. The summed E-state index contributed by atoms with van der Waals surface area (Å²) >= 11 is 31.1. The highest BCUT2D eigenvalue weighted by Gasteiger charge is 2.67. The molecule has 0 radical (unpaired) electrons. The fourth-order valence-corrected chi connectivity index (χ4v) is 5.84. The topological polar surface area (TPSA) is 78.5 Å². The number of nitrogens with zero attached hydrogens (tertiary/aromatic N) is 1. The molecule has 1 saturated carbocycles. The van der Waals surface area contributed by atoms with Crippen LogP contribution in [0.1, 0.15) is 34.7 Å². The van der Waals surface area contributed by atoms with Crippen LogP contribution in [-0.2, 0) is 9.59 Å². The second kappa shape index (κ2) is 10.9. The minimum absolute atomic E-state index is 0.0586. The van der Waals surface area contributed by atoms with Crippen molar-refractivity contribution < 1.29 is 27.6 Å². The molecule has 3 amide bonds. The van der Waals surface area contributed by atoms with Gasteiger partial charge in [-0.2, -0.15) is 13.2 Å². The number of hydrogen-bond donors (Lipinski definition) is 2. The van der Waals surface area contributed by atoms with Gasteiger partial charge in [0.1, 0.15) is 4.33 Å². The van der Waals surface area contributed by atoms with Crippen LogP contribution >= 0.6 is 58.0 Å². The van der Waals surface area contributed by atoms with Crippen molar-refractivity contribution in [2.75, 3.05) is 18.4 Å².